The van der Waals surface area contributed by atoms with Crippen LogP contribution in [0.25, 0.3) is 10.4 Å². The van der Waals surface area contributed by atoms with Crippen molar-refractivity contribution in [2.45, 2.75) is 82.5 Å². The van der Waals surface area contributed by atoms with Crippen LogP contribution in [0.3, 0.4) is 0 Å². The second-order valence-corrected chi connectivity index (χ2v) is 14.5. The van der Waals surface area contributed by atoms with Gasteiger partial charge in [-0.15, -0.1) is 0 Å². The summed E-state index contributed by atoms with van der Waals surface area (Å²) in [5, 5.41) is 6.28. The lowest BCUT2D eigenvalue weighted by Crippen LogP contribution is -2.67. The Hall–Kier alpha value is -2.15. The van der Waals surface area contributed by atoms with Crippen molar-refractivity contribution in [3.8, 4) is 0 Å². The van der Waals surface area contributed by atoms with E-state index in [-0.39, 0.29) is 11.1 Å². The standard InChI is InChI=1S/C26H35N3O3Si/c1-25(2,3)33(22-13-6-4-7-14-22,23-15-8-5-9-16-23)30-20-21-12-10-18-26(31-21)19-11-17-24(32-26)28-29-27/h4-9,13-16,21,24H,10-12,17-20H2,1-3H3/t21-,24-,26-/m0/s1. The molecule has 0 aliphatic carbocycles. The van der Waals surface area contributed by atoms with E-state index in [1.165, 1.54) is 10.4 Å². The minimum atomic E-state index is -2.61. The first kappa shape index (κ1) is 24.0. The van der Waals surface area contributed by atoms with Crippen molar-refractivity contribution in [3.63, 3.8) is 0 Å². The lowest BCUT2D eigenvalue weighted by molar-refractivity contribution is -0.316. The SMILES string of the molecule is CC(C)(C)[Si](OC[C@@H]1CCC[C@]2(CCC[C@@H](N=[N+]=[N-])O2)O1)(c1ccccc1)c1ccccc1. The average molecular weight is 466 g/mol. The van der Waals surface area contributed by atoms with E-state index < -0.39 is 20.3 Å². The largest absolute Gasteiger partial charge is 0.405 e. The minimum absolute atomic E-state index is 0.0507. The first-order valence-electron chi connectivity index (χ1n) is 12.0. The Balaban J connectivity index is 1.61. The van der Waals surface area contributed by atoms with Gasteiger partial charge in [-0.3, -0.25) is 0 Å². The first-order chi connectivity index (χ1) is 15.9. The first-order valence-corrected chi connectivity index (χ1v) is 13.9. The summed E-state index contributed by atoms with van der Waals surface area (Å²) in [6.07, 6.45) is 4.81. The number of nitrogens with zero attached hydrogens (tertiary/aromatic N) is 3. The molecule has 0 bridgehead atoms. The monoisotopic (exact) mass is 465 g/mol. The molecule has 2 fully saturated rings. The molecule has 2 heterocycles. The van der Waals surface area contributed by atoms with Gasteiger partial charge in [0.05, 0.1) is 12.7 Å². The van der Waals surface area contributed by atoms with Crippen molar-refractivity contribution in [2.24, 2.45) is 5.11 Å². The predicted octanol–water partition coefficient (Wildman–Crippen LogP) is 5.67. The summed E-state index contributed by atoms with van der Waals surface area (Å²) in [5.74, 6) is -0.658. The molecule has 6 nitrogen and oxygen atoms in total. The number of benzene rings is 2. The fourth-order valence-electron chi connectivity index (χ4n) is 5.44. The molecule has 33 heavy (non-hydrogen) atoms. The average Bonchev–Trinajstić information content (AvgIpc) is 2.80. The second-order valence-electron chi connectivity index (χ2n) is 10.2. The van der Waals surface area contributed by atoms with Crippen LogP contribution in [0.2, 0.25) is 5.04 Å². The molecule has 4 rings (SSSR count). The highest BCUT2D eigenvalue weighted by Gasteiger charge is 2.51. The van der Waals surface area contributed by atoms with Gasteiger partial charge < -0.3 is 13.9 Å². The summed E-state index contributed by atoms with van der Waals surface area (Å²) in [5.41, 5.74) is 8.85. The minimum Gasteiger partial charge on any atom is -0.405 e. The molecule has 0 aromatic heterocycles. The van der Waals surface area contributed by atoms with Gasteiger partial charge in [-0.25, -0.2) is 0 Å². The van der Waals surface area contributed by atoms with Crippen LogP contribution in [-0.2, 0) is 13.9 Å². The van der Waals surface area contributed by atoms with Gasteiger partial charge in [0.15, 0.2) is 5.79 Å². The van der Waals surface area contributed by atoms with E-state index in [9.17, 15) is 0 Å². The number of rotatable bonds is 6. The molecule has 176 valence electrons. The highest BCUT2D eigenvalue weighted by Crippen LogP contribution is 2.41. The fourth-order valence-corrected chi connectivity index (χ4v) is 10.0. The molecular formula is C26H35N3O3Si. The quantitative estimate of drug-likeness (QED) is 0.239. The highest BCUT2D eigenvalue weighted by molar-refractivity contribution is 6.99. The molecule has 0 saturated carbocycles. The fraction of sp³-hybridized carbons (Fsp3) is 0.538. The van der Waals surface area contributed by atoms with Crippen LogP contribution in [0.4, 0.5) is 0 Å². The lowest BCUT2D eigenvalue weighted by atomic mass is 9.94. The molecule has 3 atom stereocenters. The number of hydrogen-bond acceptors (Lipinski definition) is 4. The van der Waals surface area contributed by atoms with E-state index in [4.69, 9.17) is 19.4 Å². The van der Waals surface area contributed by atoms with Crippen LogP contribution in [0.1, 0.15) is 59.3 Å². The molecule has 2 saturated heterocycles. The molecule has 1 spiro atoms. The Labute approximate surface area is 198 Å². The van der Waals surface area contributed by atoms with Crippen LogP contribution >= 0.6 is 0 Å². The molecule has 0 N–H and O–H groups in total. The molecule has 0 unspecified atom stereocenters. The molecule has 2 aromatic carbocycles. The van der Waals surface area contributed by atoms with E-state index >= 15 is 0 Å². The molecule has 7 heteroatoms. The third kappa shape index (κ3) is 5.03. The van der Waals surface area contributed by atoms with E-state index in [0.29, 0.717) is 6.61 Å². The topological polar surface area (TPSA) is 76.5 Å². The van der Waals surface area contributed by atoms with E-state index in [1.54, 1.807) is 0 Å². The van der Waals surface area contributed by atoms with Crippen LogP contribution in [0, 0.1) is 0 Å². The Morgan fingerprint density at radius 2 is 1.55 bits per heavy atom. The van der Waals surface area contributed by atoms with Crippen LogP contribution in [-0.4, -0.2) is 33.0 Å². The maximum Gasteiger partial charge on any atom is 0.261 e. The number of azide groups is 1. The van der Waals surface area contributed by atoms with Crippen LogP contribution < -0.4 is 10.4 Å². The molecule has 0 radical (unpaired) electrons. The Morgan fingerprint density at radius 3 is 2.09 bits per heavy atom. The zero-order valence-corrected chi connectivity index (χ0v) is 20.9. The summed E-state index contributed by atoms with van der Waals surface area (Å²) in [6.45, 7) is 7.39. The third-order valence-electron chi connectivity index (χ3n) is 6.91. The van der Waals surface area contributed by atoms with E-state index in [0.717, 1.165) is 38.5 Å². The molecule has 0 amide bonds. The van der Waals surface area contributed by atoms with Crippen LogP contribution in [0.15, 0.2) is 65.8 Å². The number of ether oxygens (including phenoxy) is 2. The van der Waals surface area contributed by atoms with Crippen molar-refractivity contribution < 1.29 is 13.9 Å². The summed E-state index contributed by atoms with van der Waals surface area (Å²) >= 11 is 0. The maximum atomic E-state index is 8.85. The molecule has 2 aliphatic heterocycles. The van der Waals surface area contributed by atoms with Crippen molar-refractivity contribution >= 4 is 18.7 Å². The van der Waals surface area contributed by atoms with Gasteiger partial charge >= 0.3 is 0 Å². The highest BCUT2D eigenvalue weighted by atomic mass is 28.4. The van der Waals surface area contributed by atoms with Gasteiger partial charge in [-0.2, -0.15) is 0 Å². The zero-order chi connectivity index (χ0) is 23.4. The Kier molecular flexibility index (Phi) is 7.27. The van der Waals surface area contributed by atoms with Crippen molar-refractivity contribution in [1.82, 2.24) is 0 Å². The smallest absolute Gasteiger partial charge is 0.261 e. The predicted molar refractivity (Wildman–Crippen MR) is 133 cm³/mol. The molecule has 2 aliphatic rings. The second kappa shape index (κ2) is 10.00. The van der Waals surface area contributed by atoms with Gasteiger partial charge in [0, 0.05) is 17.8 Å². The zero-order valence-electron chi connectivity index (χ0n) is 19.9. The number of hydrogen-bond donors (Lipinski definition) is 0. The van der Waals surface area contributed by atoms with Gasteiger partial charge in [0.1, 0.15) is 6.23 Å². The van der Waals surface area contributed by atoms with Crippen LogP contribution in [0.5, 0.6) is 0 Å². The summed E-state index contributed by atoms with van der Waals surface area (Å²) in [4.78, 5) is 2.94. The van der Waals surface area contributed by atoms with Crippen molar-refractivity contribution in [3.05, 3.63) is 71.1 Å². The summed E-state index contributed by atoms with van der Waals surface area (Å²) in [7, 11) is -2.61. The third-order valence-corrected chi connectivity index (χ3v) is 11.9. The molecule has 2 aromatic rings. The summed E-state index contributed by atoms with van der Waals surface area (Å²) < 4.78 is 19.8. The lowest BCUT2D eigenvalue weighted by Gasteiger charge is -2.47. The van der Waals surface area contributed by atoms with Gasteiger partial charge in [-0.05, 0) is 46.6 Å². The summed E-state index contributed by atoms with van der Waals surface area (Å²) in [6, 6.07) is 21.4. The van der Waals surface area contributed by atoms with Crippen molar-refractivity contribution in [2.75, 3.05) is 6.61 Å². The van der Waals surface area contributed by atoms with E-state index in [2.05, 4.69) is 91.5 Å². The van der Waals surface area contributed by atoms with Gasteiger partial charge in [0.25, 0.3) is 8.32 Å². The Morgan fingerprint density at radius 1 is 0.970 bits per heavy atom. The van der Waals surface area contributed by atoms with E-state index in [1.807, 2.05) is 0 Å². The van der Waals surface area contributed by atoms with Gasteiger partial charge in [-0.1, -0.05) is 86.5 Å². The Bertz CT molecular complexity index is 916. The van der Waals surface area contributed by atoms with Crippen molar-refractivity contribution in [1.29, 1.82) is 0 Å². The van der Waals surface area contributed by atoms with Gasteiger partial charge in [0.2, 0.25) is 0 Å². The maximum absolute atomic E-state index is 8.85. The molecular weight excluding hydrogens is 430 g/mol. The normalized spacial score (nSPS) is 26.0.